The third kappa shape index (κ3) is 3.20. The number of amides is 1. The zero-order chi connectivity index (χ0) is 15.8. The highest BCUT2D eigenvalue weighted by atomic mass is 79.9. The molecular weight excluding hydrogens is 370 g/mol. The molecule has 1 unspecified atom stereocenters. The second kappa shape index (κ2) is 6.56. The van der Waals surface area contributed by atoms with Crippen molar-refractivity contribution in [2.45, 2.75) is 51.0 Å². The zero-order valence-electron chi connectivity index (χ0n) is 13.3. The molecule has 0 N–H and O–H groups in total. The summed E-state index contributed by atoms with van der Waals surface area (Å²) < 4.78 is 2.44. The normalized spacial score (nSPS) is 23.1. The van der Waals surface area contributed by atoms with Crippen molar-refractivity contribution in [3.8, 4) is 0 Å². The summed E-state index contributed by atoms with van der Waals surface area (Å²) in [5.41, 5.74) is 0. The van der Waals surface area contributed by atoms with E-state index in [1.54, 1.807) is 0 Å². The average molecular weight is 392 g/mol. The van der Waals surface area contributed by atoms with Crippen LogP contribution < -0.4 is 0 Å². The maximum absolute atomic E-state index is 12.8. The summed E-state index contributed by atoms with van der Waals surface area (Å²) >= 11 is 5.38. The van der Waals surface area contributed by atoms with E-state index in [0.29, 0.717) is 11.9 Å². The number of halogens is 1. The molecule has 1 atom stereocenters. The van der Waals surface area contributed by atoms with Gasteiger partial charge in [-0.05, 0) is 55.3 Å². The molecule has 2 aromatic rings. The number of rotatable bonds is 3. The van der Waals surface area contributed by atoms with Gasteiger partial charge in [-0.15, -0.1) is 11.3 Å². The standard InChI is InChI=1S/C19H22BrNOS/c20-15-6-7-18-14(10-15)12-17(23-18)11-13-8-9-21(19(13)22)16-4-2-1-3-5-16/h6-7,10,12-13,16H,1-5,8-9,11H2. The Bertz CT molecular complexity index is 719. The number of hydrogen-bond donors (Lipinski definition) is 0. The highest BCUT2D eigenvalue weighted by Gasteiger charge is 2.36. The van der Waals surface area contributed by atoms with E-state index in [1.165, 1.54) is 47.1 Å². The average Bonchev–Trinajstić information content (AvgIpc) is 3.12. The molecule has 0 spiro atoms. The first-order valence-electron chi connectivity index (χ1n) is 8.69. The van der Waals surface area contributed by atoms with E-state index < -0.39 is 0 Å². The highest BCUT2D eigenvalue weighted by molar-refractivity contribution is 9.10. The molecule has 2 heterocycles. The largest absolute Gasteiger partial charge is 0.339 e. The molecular formula is C19H22BrNOS. The molecule has 2 aliphatic rings. The lowest BCUT2D eigenvalue weighted by atomic mass is 9.94. The Kier molecular flexibility index (Phi) is 4.46. The second-order valence-electron chi connectivity index (χ2n) is 6.91. The van der Waals surface area contributed by atoms with Crippen LogP contribution in [0, 0.1) is 5.92 Å². The van der Waals surface area contributed by atoms with E-state index >= 15 is 0 Å². The van der Waals surface area contributed by atoms with Crippen LogP contribution >= 0.6 is 27.3 Å². The van der Waals surface area contributed by atoms with E-state index in [1.807, 2.05) is 11.3 Å². The van der Waals surface area contributed by atoms with Crippen LogP contribution in [0.4, 0.5) is 0 Å². The second-order valence-corrected chi connectivity index (χ2v) is 8.99. The summed E-state index contributed by atoms with van der Waals surface area (Å²) in [6, 6.07) is 9.22. The Hall–Kier alpha value is -0.870. The maximum Gasteiger partial charge on any atom is 0.226 e. The smallest absolute Gasteiger partial charge is 0.226 e. The van der Waals surface area contributed by atoms with Crippen molar-refractivity contribution in [1.29, 1.82) is 0 Å². The van der Waals surface area contributed by atoms with Gasteiger partial charge in [0.15, 0.2) is 0 Å². The topological polar surface area (TPSA) is 20.3 Å². The van der Waals surface area contributed by atoms with Crippen LogP contribution in [-0.4, -0.2) is 23.4 Å². The van der Waals surface area contributed by atoms with Gasteiger partial charge in [-0.3, -0.25) is 4.79 Å². The van der Waals surface area contributed by atoms with Gasteiger partial charge in [0.2, 0.25) is 5.91 Å². The summed E-state index contributed by atoms with van der Waals surface area (Å²) in [4.78, 5) is 16.4. The monoisotopic (exact) mass is 391 g/mol. The van der Waals surface area contributed by atoms with Crippen LogP contribution in [0.2, 0.25) is 0 Å². The van der Waals surface area contributed by atoms with Crippen molar-refractivity contribution in [3.63, 3.8) is 0 Å². The van der Waals surface area contributed by atoms with Gasteiger partial charge in [0.25, 0.3) is 0 Å². The van der Waals surface area contributed by atoms with Gasteiger partial charge in [-0.25, -0.2) is 0 Å². The number of nitrogens with zero attached hydrogens (tertiary/aromatic N) is 1. The van der Waals surface area contributed by atoms with Gasteiger partial charge in [0, 0.05) is 32.6 Å². The van der Waals surface area contributed by atoms with Crippen LogP contribution in [0.3, 0.4) is 0 Å². The molecule has 0 bridgehead atoms. The minimum absolute atomic E-state index is 0.202. The zero-order valence-corrected chi connectivity index (χ0v) is 15.7. The predicted molar refractivity (Wildman–Crippen MR) is 99.9 cm³/mol. The van der Waals surface area contributed by atoms with E-state index in [2.05, 4.69) is 45.1 Å². The molecule has 1 saturated carbocycles. The number of thiophene rings is 1. The Morgan fingerprint density at radius 3 is 2.78 bits per heavy atom. The fourth-order valence-electron chi connectivity index (χ4n) is 4.12. The quantitative estimate of drug-likeness (QED) is 0.686. The van der Waals surface area contributed by atoms with E-state index in [-0.39, 0.29) is 5.92 Å². The molecule has 1 saturated heterocycles. The molecule has 1 aromatic heterocycles. The molecule has 122 valence electrons. The van der Waals surface area contributed by atoms with Crippen molar-refractivity contribution in [3.05, 3.63) is 33.6 Å². The number of fused-ring (bicyclic) bond motifs is 1. The van der Waals surface area contributed by atoms with E-state index in [9.17, 15) is 4.79 Å². The molecule has 2 fully saturated rings. The van der Waals surface area contributed by atoms with Crippen LogP contribution in [-0.2, 0) is 11.2 Å². The first-order valence-corrected chi connectivity index (χ1v) is 10.3. The fraction of sp³-hybridized carbons (Fsp3) is 0.526. The number of benzene rings is 1. The third-order valence-electron chi connectivity index (χ3n) is 5.34. The third-order valence-corrected chi connectivity index (χ3v) is 6.97. The van der Waals surface area contributed by atoms with Gasteiger partial charge in [-0.1, -0.05) is 35.2 Å². The summed E-state index contributed by atoms with van der Waals surface area (Å²) in [5.74, 6) is 0.615. The predicted octanol–water partition coefficient (Wildman–Crippen LogP) is 5.39. The lowest BCUT2D eigenvalue weighted by Gasteiger charge is -2.31. The lowest BCUT2D eigenvalue weighted by Crippen LogP contribution is -2.39. The van der Waals surface area contributed by atoms with Crippen molar-refractivity contribution >= 4 is 43.3 Å². The molecule has 1 aliphatic heterocycles. The summed E-state index contributed by atoms with van der Waals surface area (Å²) in [6.07, 6.45) is 8.32. The first-order chi connectivity index (χ1) is 11.2. The number of hydrogen-bond acceptors (Lipinski definition) is 2. The van der Waals surface area contributed by atoms with Crippen molar-refractivity contribution in [2.75, 3.05) is 6.54 Å². The minimum Gasteiger partial charge on any atom is -0.339 e. The maximum atomic E-state index is 12.8. The summed E-state index contributed by atoms with van der Waals surface area (Å²) in [5, 5.41) is 1.29. The Morgan fingerprint density at radius 2 is 1.96 bits per heavy atom. The van der Waals surface area contributed by atoms with E-state index in [4.69, 9.17) is 0 Å². The summed E-state index contributed by atoms with van der Waals surface area (Å²) in [6.45, 7) is 0.977. The van der Waals surface area contributed by atoms with Gasteiger partial charge in [-0.2, -0.15) is 0 Å². The molecule has 1 aromatic carbocycles. The Morgan fingerprint density at radius 1 is 1.13 bits per heavy atom. The molecule has 4 rings (SSSR count). The highest BCUT2D eigenvalue weighted by Crippen LogP contribution is 2.34. The van der Waals surface area contributed by atoms with Gasteiger partial charge < -0.3 is 4.90 Å². The molecule has 1 amide bonds. The van der Waals surface area contributed by atoms with Crippen LogP contribution in [0.15, 0.2) is 28.7 Å². The summed E-state index contributed by atoms with van der Waals surface area (Å²) in [7, 11) is 0. The van der Waals surface area contributed by atoms with Gasteiger partial charge in [0.05, 0.1) is 0 Å². The number of carbonyl (C=O) groups excluding carboxylic acids is 1. The Labute approximate surface area is 150 Å². The molecule has 4 heteroatoms. The molecule has 23 heavy (non-hydrogen) atoms. The van der Waals surface area contributed by atoms with Crippen LogP contribution in [0.25, 0.3) is 10.1 Å². The van der Waals surface area contributed by atoms with Gasteiger partial charge in [0.1, 0.15) is 0 Å². The van der Waals surface area contributed by atoms with Crippen molar-refractivity contribution in [2.24, 2.45) is 5.92 Å². The molecule has 2 nitrogen and oxygen atoms in total. The minimum atomic E-state index is 0.202. The Balaban J connectivity index is 1.46. The SMILES string of the molecule is O=C1C(Cc2cc3cc(Br)ccc3s2)CCN1C1CCCCC1. The molecule has 0 radical (unpaired) electrons. The van der Waals surface area contributed by atoms with Gasteiger partial charge >= 0.3 is 0 Å². The number of carbonyl (C=O) groups is 1. The first kappa shape index (κ1) is 15.6. The van der Waals surface area contributed by atoms with Crippen LogP contribution in [0.1, 0.15) is 43.4 Å². The molecule has 1 aliphatic carbocycles. The van der Waals surface area contributed by atoms with Crippen molar-refractivity contribution in [1.82, 2.24) is 4.90 Å². The lowest BCUT2D eigenvalue weighted by molar-refractivity contribution is -0.133. The van der Waals surface area contributed by atoms with Crippen LogP contribution in [0.5, 0.6) is 0 Å². The van der Waals surface area contributed by atoms with Crippen molar-refractivity contribution < 1.29 is 4.79 Å². The number of likely N-dealkylation sites (tertiary alicyclic amines) is 1. The van der Waals surface area contributed by atoms with E-state index in [0.717, 1.165) is 23.9 Å². The fourth-order valence-corrected chi connectivity index (χ4v) is 5.62.